The monoisotopic (exact) mass is 570 g/mol. The normalized spacial score (nSPS) is 16.4. The van der Waals surface area contributed by atoms with Crippen LogP contribution in [0.25, 0.3) is 10.5 Å². The van der Waals surface area contributed by atoms with Gasteiger partial charge in [-0.15, -0.1) is 0 Å². The number of hydrogen-bond acceptors (Lipinski definition) is 11. The van der Waals surface area contributed by atoms with Gasteiger partial charge in [-0.1, -0.05) is 95.9 Å². The number of benzene rings is 2. The summed E-state index contributed by atoms with van der Waals surface area (Å²) in [5.74, 6) is -3.14. The highest BCUT2D eigenvalue weighted by molar-refractivity contribution is 8.27. The van der Waals surface area contributed by atoms with Crippen molar-refractivity contribution < 1.29 is 38.1 Å². The predicted molar refractivity (Wildman–Crippen MR) is 147 cm³/mol. The minimum atomic E-state index is -1.51. The molecule has 196 valence electrons. The van der Waals surface area contributed by atoms with Crippen LogP contribution in [0.2, 0.25) is 0 Å². The Morgan fingerprint density at radius 3 is 1.45 bits per heavy atom. The van der Waals surface area contributed by atoms with Crippen molar-refractivity contribution in [2.24, 2.45) is 0 Å². The molecule has 8 nitrogen and oxygen atoms in total. The third kappa shape index (κ3) is 4.77. The maximum atomic E-state index is 13.5. The Kier molecular flexibility index (Phi) is 8.39. The second kappa shape index (κ2) is 11.5. The molecule has 2 heterocycles. The highest BCUT2D eigenvalue weighted by atomic mass is 32.2. The van der Waals surface area contributed by atoms with Crippen LogP contribution in [0.4, 0.5) is 0 Å². The molecular weight excluding hydrogens is 548 g/mol. The van der Waals surface area contributed by atoms with E-state index in [2.05, 4.69) is 0 Å². The summed E-state index contributed by atoms with van der Waals surface area (Å²) in [6, 6.07) is 18.5. The quantitative estimate of drug-likeness (QED) is 0.358. The Labute approximate surface area is 231 Å². The van der Waals surface area contributed by atoms with Gasteiger partial charge in [0, 0.05) is 10.5 Å². The van der Waals surface area contributed by atoms with Crippen LogP contribution in [0, 0.1) is 0 Å². The summed E-state index contributed by atoms with van der Waals surface area (Å²) in [7, 11) is 4.79. The minimum absolute atomic E-state index is 0.0202. The fourth-order valence-corrected chi connectivity index (χ4v) is 8.96. The fourth-order valence-electron chi connectivity index (χ4n) is 3.97. The number of carbonyl (C=O) groups is 4. The number of hydrogen-bond donors (Lipinski definition) is 0. The van der Waals surface area contributed by atoms with Crippen molar-refractivity contribution in [2.45, 2.75) is 4.08 Å². The zero-order valence-corrected chi connectivity index (χ0v) is 23.2. The number of methoxy groups -OCH3 is 4. The zero-order chi connectivity index (χ0) is 27.4. The molecule has 2 aliphatic rings. The van der Waals surface area contributed by atoms with Gasteiger partial charge in [-0.2, -0.15) is 0 Å². The van der Waals surface area contributed by atoms with E-state index in [0.29, 0.717) is 16.0 Å². The van der Waals surface area contributed by atoms with E-state index in [4.69, 9.17) is 18.9 Å². The molecule has 0 saturated heterocycles. The van der Waals surface area contributed by atoms with Gasteiger partial charge in [-0.05, 0) is 11.1 Å². The van der Waals surface area contributed by atoms with E-state index in [1.54, 1.807) is 0 Å². The second-order valence-electron chi connectivity index (χ2n) is 7.69. The molecule has 0 fully saturated rings. The second-order valence-corrected chi connectivity index (χ2v) is 11.4. The number of ether oxygens (including phenoxy) is 4. The molecule has 2 aliphatic heterocycles. The van der Waals surface area contributed by atoms with Gasteiger partial charge >= 0.3 is 23.9 Å². The molecule has 0 aliphatic carbocycles. The van der Waals surface area contributed by atoms with Crippen LogP contribution in [0.1, 0.15) is 11.1 Å². The highest BCUT2D eigenvalue weighted by Gasteiger charge is 2.58. The van der Waals surface area contributed by atoms with Gasteiger partial charge in [0.2, 0.25) is 0 Å². The average molecular weight is 571 g/mol. The van der Waals surface area contributed by atoms with E-state index < -0.39 is 28.0 Å². The first-order valence-electron chi connectivity index (χ1n) is 11.1. The largest absolute Gasteiger partial charge is 0.466 e. The molecule has 11 heteroatoms. The number of carbonyl (C=O) groups excluding carboxylic acids is 4. The lowest BCUT2D eigenvalue weighted by atomic mass is 9.93. The van der Waals surface area contributed by atoms with E-state index in [-0.39, 0.29) is 20.3 Å². The number of esters is 4. The summed E-state index contributed by atoms with van der Waals surface area (Å²) in [6.45, 7) is 0. The third-order valence-corrected chi connectivity index (χ3v) is 10.0. The summed E-state index contributed by atoms with van der Waals surface area (Å²) < 4.78 is 18.7. The summed E-state index contributed by atoms with van der Waals surface area (Å²) in [5, 5.41) is 0. The van der Waals surface area contributed by atoms with E-state index in [1.807, 2.05) is 60.7 Å². The predicted octanol–water partition coefficient (Wildman–Crippen LogP) is 4.64. The van der Waals surface area contributed by atoms with Crippen LogP contribution in [-0.2, 0) is 38.1 Å². The molecule has 0 saturated carbocycles. The van der Waals surface area contributed by atoms with Crippen molar-refractivity contribution in [3.05, 3.63) is 92.1 Å². The Balaban J connectivity index is 2.15. The van der Waals surface area contributed by atoms with Crippen LogP contribution in [0.5, 0.6) is 0 Å². The van der Waals surface area contributed by atoms with Crippen molar-refractivity contribution in [1.82, 2.24) is 0 Å². The molecule has 0 aromatic heterocycles. The summed E-state index contributed by atoms with van der Waals surface area (Å²) in [6.07, 6.45) is 0. The molecule has 0 N–H and O–H groups in total. The molecule has 2 aromatic rings. The maximum Gasteiger partial charge on any atom is 0.345 e. The van der Waals surface area contributed by atoms with Crippen LogP contribution >= 0.6 is 35.3 Å². The van der Waals surface area contributed by atoms with Crippen LogP contribution in [-0.4, -0.2) is 56.4 Å². The maximum absolute atomic E-state index is 13.5. The van der Waals surface area contributed by atoms with Gasteiger partial charge in [-0.3, -0.25) is 0 Å². The number of rotatable bonds is 6. The first-order valence-corrected chi connectivity index (χ1v) is 13.5. The van der Waals surface area contributed by atoms with Crippen molar-refractivity contribution in [2.75, 3.05) is 28.4 Å². The Morgan fingerprint density at radius 1 is 0.579 bits per heavy atom. The van der Waals surface area contributed by atoms with Gasteiger partial charge in [0.05, 0.1) is 34.0 Å². The van der Waals surface area contributed by atoms with E-state index >= 15 is 0 Å². The van der Waals surface area contributed by atoms with Crippen molar-refractivity contribution >= 4 is 69.6 Å². The topological polar surface area (TPSA) is 105 Å². The molecular formula is C27H22O8S3. The van der Waals surface area contributed by atoms with Gasteiger partial charge in [-0.25, -0.2) is 19.2 Å². The zero-order valence-electron chi connectivity index (χ0n) is 20.8. The highest BCUT2D eigenvalue weighted by Crippen LogP contribution is 2.69. The SMILES string of the molecule is COC(=O)C1=C(C(=O)OC)SC2(S1)C(C(=O)OC)=C(C(=O)OC)SC(c1ccccc1)=C2c1ccccc1. The third-order valence-electron chi connectivity index (χ3n) is 5.61. The summed E-state index contributed by atoms with van der Waals surface area (Å²) >= 11 is 2.94. The van der Waals surface area contributed by atoms with Crippen LogP contribution in [0.3, 0.4) is 0 Å². The van der Waals surface area contributed by atoms with Gasteiger partial charge in [0.25, 0.3) is 0 Å². The molecule has 0 unspecified atom stereocenters. The standard InChI is InChI=1S/C27H22O8S3/c1-32-23(28)18-20(24(29)33-2)36-19(16-13-9-6-10-14-16)17(15-11-7-5-8-12-15)27(18)37-21(25(30)34-3)22(38-27)26(31)35-4/h5-14H,1-4H3. The molecule has 0 amide bonds. The molecule has 4 rings (SSSR count). The van der Waals surface area contributed by atoms with E-state index in [9.17, 15) is 19.2 Å². The first-order chi connectivity index (χ1) is 18.3. The lowest BCUT2D eigenvalue weighted by molar-refractivity contribution is -0.138. The molecule has 38 heavy (non-hydrogen) atoms. The van der Waals surface area contributed by atoms with Crippen molar-refractivity contribution in [3.63, 3.8) is 0 Å². The number of thioether (sulfide) groups is 3. The smallest absolute Gasteiger partial charge is 0.345 e. The van der Waals surface area contributed by atoms with Gasteiger partial charge < -0.3 is 18.9 Å². The minimum Gasteiger partial charge on any atom is -0.466 e. The summed E-state index contributed by atoms with van der Waals surface area (Å²) in [5.41, 5.74) is 2.00. The Bertz CT molecular complexity index is 1370. The molecule has 0 atom stereocenters. The Hall–Kier alpha value is -3.41. The van der Waals surface area contributed by atoms with E-state index in [0.717, 1.165) is 40.8 Å². The van der Waals surface area contributed by atoms with Gasteiger partial charge in [0.15, 0.2) is 0 Å². The van der Waals surface area contributed by atoms with Crippen LogP contribution in [0.15, 0.2) is 81.0 Å². The first kappa shape index (κ1) is 27.6. The fraction of sp³-hybridized carbons (Fsp3) is 0.185. The average Bonchev–Trinajstić information content (AvgIpc) is 3.36. The molecule has 1 spiro atoms. The van der Waals surface area contributed by atoms with Crippen LogP contribution < -0.4 is 0 Å². The van der Waals surface area contributed by atoms with Crippen molar-refractivity contribution in [1.29, 1.82) is 0 Å². The molecule has 2 aromatic carbocycles. The van der Waals surface area contributed by atoms with Gasteiger partial charge in [0.1, 0.15) is 18.8 Å². The van der Waals surface area contributed by atoms with E-state index in [1.165, 1.54) is 28.4 Å². The lowest BCUT2D eigenvalue weighted by Gasteiger charge is -2.38. The Morgan fingerprint density at radius 2 is 1.00 bits per heavy atom. The van der Waals surface area contributed by atoms with Crippen molar-refractivity contribution in [3.8, 4) is 0 Å². The summed E-state index contributed by atoms with van der Waals surface area (Å²) in [4.78, 5) is 53.0. The lowest BCUT2D eigenvalue weighted by Crippen LogP contribution is -2.35. The molecule has 0 radical (unpaired) electrons. The molecule has 0 bridgehead atoms.